The second kappa shape index (κ2) is 10.8. The van der Waals surface area contributed by atoms with E-state index in [0.717, 1.165) is 22.5 Å². The second-order valence-corrected chi connectivity index (χ2v) is 10.6. The van der Waals surface area contributed by atoms with Crippen molar-refractivity contribution in [3.8, 4) is 11.3 Å². The number of rotatable bonds is 6. The smallest absolute Gasteiger partial charge is 0.226 e. The Morgan fingerprint density at radius 3 is 2.61 bits per heavy atom. The summed E-state index contributed by atoms with van der Waals surface area (Å²) in [6.45, 7) is 5.63. The van der Waals surface area contributed by atoms with Crippen LogP contribution in [0.3, 0.4) is 0 Å². The molecule has 9 heteroatoms. The number of halogens is 2. The quantitative estimate of drug-likeness (QED) is 0.233. The van der Waals surface area contributed by atoms with E-state index in [1.165, 1.54) is 0 Å². The number of nitrogens with zero attached hydrogens (tertiary/aromatic N) is 2. The topological polar surface area (TPSA) is 70.4 Å². The van der Waals surface area contributed by atoms with Gasteiger partial charge >= 0.3 is 0 Å². The van der Waals surface area contributed by atoms with Gasteiger partial charge in [0.15, 0.2) is 5.11 Å². The van der Waals surface area contributed by atoms with Crippen molar-refractivity contribution in [3.05, 3.63) is 100.0 Å². The van der Waals surface area contributed by atoms with Crippen LogP contribution in [-0.4, -0.2) is 16.0 Å². The van der Waals surface area contributed by atoms with Crippen LogP contribution in [0.5, 0.6) is 0 Å². The highest BCUT2D eigenvalue weighted by Gasteiger charge is 2.42. The average Bonchev–Trinajstić information content (AvgIpc) is 3.52. The summed E-state index contributed by atoms with van der Waals surface area (Å²) >= 11 is 18.8. The van der Waals surface area contributed by atoms with Crippen molar-refractivity contribution in [3.63, 3.8) is 0 Å². The summed E-state index contributed by atoms with van der Waals surface area (Å²) in [7, 11) is 0. The maximum Gasteiger partial charge on any atom is 0.226 e. The third kappa shape index (κ3) is 5.01. The van der Waals surface area contributed by atoms with Crippen LogP contribution in [0.25, 0.3) is 11.3 Å². The van der Waals surface area contributed by atoms with Crippen LogP contribution < -0.4 is 15.5 Å². The van der Waals surface area contributed by atoms with Crippen molar-refractivity contribution in [2.45, 2.75) is 32.9 Å². The number of furan rings is 1. The molecule has 2 atom stereocenters. The highest BCUT2D eigenvalue weighted by molar-refractivity contribution is 7.80. The average molecular weight is 566 g/mol. The lowest BCUT2D eigenvalue weighted by atomic mass is 10.0. The standard InChI is InChI=1S/C29H26Cl2N4O2S/c1-16(2)28(36)33-22-11-10-18(15-21(22)31)35-27(26(34-29(35)38)23-9-4-5-14-32-23)25-13-12-24(37-25)19-7-6-8-20(30)17(19)3/h4-16,26-27H,1-3H3,(H,33,36)(H,34,38)/t26-,27-/m0/s1. The lowest BCUT2D eigenvalue weighted by Crippen LogP contribution is -2.29. The second-order valence-electron chi connectivity index (χ2n) is 9.42. The Balaban J connectivity index is 1.56. The van der Waals surface area contributed by atoms with E-state index in [2.05, 4.69) is 15.6 Å². The summed E-state index contributed by atoms with van der Waals surface area (Å²) in [5, 5.41) is 7.89. The van der Waals surface area contributed by atoms with Crippen molar-refractivity contribution in [2.24, 2.45) is 5.92 Å². The van der Waals surface area contributed by atoms with Gasteiger partial charge in [-0.05, 0) is 73.2 Å². The first-order valence-electron chi connectivity index (χ1n) is 12.2. The number of carbonyl (C=O) groups excluding carboxylic acids is 1. The molecule has 0 saturated carbocycles. The van der Waals surface area contributed by atoms with Gasteiger partial charge in [-0.3, -0.25) is 9.78 Å². The van der Waals surface area contributed by atoms with Crippen LogP contribution in [0.15, 0.2) is 77.3 Å². The summed E-state index contributed by atoms with van der Waals surface area (Å²) in [6, 6.07) is 20.3. The van der Waals surface area contributed by atoms with E-state index in [0.29, 0.717) is 32.4 Å². The number of nitrogens with one attached hydrogen (secondary N) is 2. The molecule has 2 aromatic carbocycles. The molecule has 2 N–H and O–H groups in total. The Labute approximate surface area is 237 Å². The normalized spacial score (nSPS) is 17.1. The summed E-state index contributed by atoms with van der Waals surface area (Å²) in [5.41, 5.74) is 3.99. The fourth-order valence-corrected chi connectivity index (χ4v) is 5.23. The van der Waals surface area contributed by atoms with Crippen molar-refractivity contribution < 1.29 is 9.21 Å². The number of amides is 1. The molecule has 0 bridgehead atoms. The molecule has 1 aliphatic rings. The Kier molecular flexibility index (Phi) is 7.43. The minimum absolute atomic E-state index is 0.106. The Hall–Kier alpha value is -3.39. The molecule has 1 amide bonds. The third-order valence-corrected chi connectivity index (χ3v) is 7.60. The molecular formula is C29H26Cl2N4O2S. The van der Waals surface area contributed by atoms with Crippen LogP contribution in [0.1, 0.15) is 42.9 Å². The molecule has 1 aliphatic heterocycles. The lowest BCUT2D eigenvalue weighted by molar-refractivity contribution is -0.118. The monoisotopic (exact) mass is 564 g/mol. The minimum atomic E-state index is -0.349. The van der Waals surface area contributed by atoms with Crippen molar-refractivity contribution in [2.75, 3.05) is 10.2 Å². The zero-order valence-corrected chi connectivity index (χ0v) is 23.4. The highest BCUT2D eigenvalue weighted by Crippen LogP contribution is 2.44. The molecule has 0 radical (unpaired) electrons. The first-order valence-corrected chi connectivity index (χ1v) is 13.4. The van der Waals surface area contributed by atoms with E-state index in [1.807, 2.05) is 80.3 Å². The summed E-state index contributed by atoms with van der Waals surface area (Å²) < 4.78 is 6.46. The number of hydrogen-bond acceptors (Lipinski definition) is 4. The van der Waals surface area contributed by atoms with E-state index in [9.17, 15) is 4.79 Å². The third-order valence-electron chi connectivity index (χ3n) is 6.56. The van der Waals surface area contributed by atoms with Crippen LogP contribution in [0.4, 0.5) is 11.4 Å². The molecule has 38 heavy (non-hydrogen) atoms. The van der Waals surface area contributed by atoms with Gasteiger partial charge in [0, 0.05) is 28.4 Å². The SMILES string of the molecule is Cc1c(Cl)cccc1-c1ccc([C@H]2[C@H](c3ccccn3)NC(=S)N2c2ccc(NC(=O)C(C)C)c(Cl)c2)o1. The van der Waals surface area contributed by atoms with Gasteiger partial charge in [-0.15, -0.1) is 0 Å². The number of aromatic nitrogens is 1. The van der Waals surface area contributed by atoms with E-state index >= 15 is 0 Å². The number of anilines is 2. The molecule has 4 aromatic rings. The first-order chi connectivity index (χ1) is 18.2. The van der Waals surface area contributed by atoms with Gasteiger partial charge in [0.25, 0.3) is 0 Å². The fraction of sp³-hybridized carbons (Fsp3) is 0.207. The molecule has 0 spiro atoms. The maximum atomic E-state index is 12.2. The minimum Gasteiger partial charge on any atom is -0.459 e. The van der Waals surface area contributed by atoms with E-state index in [4.69, 9.17) is 39.8 Å². The Morgan fingerprint density at radius 1 is 1.08 bits per heavy atom. The van der Waals surface area contributed by atoms with Crippen LogP contribution in [0.2, 0.25) is 10.0 Å². The predicted molar refractivity (Wildman–Crippen MR) is 157 cm³/mol. The first kappa shape index (κ1) is 26.2. The van der Waals surface area contributed by atoms with Gasteiger partial charge in [0.2, 0.25) is 5.91 Å². The van der Waals surface area contributed by atoms with Gasteiger partial charge in [0.1, 0.15) is 17.6 Å². The van der Waals surface area contributed by atoms with Gasteiger partial charge < -0.3 is 20.0 Å². The molecule has 6 nitrogen and oxygen atoms in total. The zero-order valence-electron chi connectivity index (χ0n) is 21.0. The number of thiocarbonyl (C=S) groups is 1. The van der Waals surface area contributed by atoms with Crippen LogP contribution in [0, 0.1) is 12.8 Å². The summed E-state index contributed by atoms with van der Waals surface area (Å²) in [6.07, 6.45) is 1.76. The van der Waals surface area contributed by atoms with Crippen molar-refractivity contribution >= 4 is 57.8 Å². The summed E-state index contributed by atoms with van der Waals surface area (Å²) in [5.74, 6) is 1.14. The van der Waals surface area contributed by atoms with E-state index in [1.54, 1.807) is 18.3 Å². The lowest BCUT2D eigenvalue weighted by Gasteiger charge is -2.26. The van der Waals surface area contributed by atoms with E-state index in [-0.39, 0.29) is 23.9 Å². The van der Waals surface area contributed by atoms with Crippen LogP contribution >= 0.6 is 35.4 Å². The molecule has 0 unspecified atom stereocenters. The number of carbonyl (C=O) groups is 1. The molecule has 1 fully saturated rings. The molecule has 5 rings (SSSR count). The molecule has 3 heterocycles. The predicted octanol–water partition coefficient (Wildman–Crippen LogP) is 7.73. The Bertz CT molecular complexity index is 1510. The number of hydrogen-bond donors (Lipinski definition) is 2. The maximum absolute atomic E-state index is 12.2. The number of benzene rings is 2. The fourth-order valence-electron chi connectivity index (χ4n) is 4.49. The van der Waals surface area contributed by atoms with Crippen molar-refractivity contribution in [1.82, 2.24) is 10.3 Å². The molecule has 1 saturated heterocycles. The van der Waals surface area contributed by atoms with Crippen molar-refractivity contribution in [1.29, 1.82) is 0 Å². The summed E-state index contributed by atoms with van der Waals surface area (Å²) in [4.78, 5) is 18.8. The largest absolute Gasteiger partial charge is 0.459 e. The van der Waals surface area contributed by atoms with E-state index < -0.39 is 0 Å². The molecule has 194 valence electrons. The van der Waals surface area contributed by atoms with Gasteiger partial charge in [0.05, 0.1) is 22.4 Å². The van der Waals surface area contributed by atoms with Gasteiger partial charge in [-0.1, -0.05) is 55.2 Å². The Morgan fingerprint density at radius 2 is 1.89 bits per heavy atom. The molecule has 0 aliphatic carbocycles. The van der Waals surface area contributed by atoms with Gasteiger partial charge in [-0.2, -0.15) is 0 Å². The highest BCUT2D eigenvalue weighted by atomic mass is 35.5. The zero-order chi connectivity index (χ0) is 27.0. The molecular weight excluding hydrogens is 539 g/mol. The molecule has 2 aromatic heterocycles. The van der Waals surface area contributed by atoms with Crippen LogP contribution in [-0.2, 0) is 4.79 Å². The number of pyridine rings is 1. The van der Waals surface area contributed by atoms with Gasteiger partial charge in [-0.25, -0.2) is 0 Å².